The number of aliphatic hydroxyl groups is 4. The van der Waals surface area contributed by atoms with Crippen molar-refractivity contribution in [1.29, 1.82) is 0 Å². The predicted octanol–water partition coefficient (Wildman–Crippen LogP) is 6.24. The third-order valence-electron chi connectivity index (χ3n) is 10.1. The number of rotatable bonds is 36. The monoisotopic (exact) mass is 876 g/mol. The number of carbonyl (C=O) groups is 3. The molecule has 0 aromatic heterocycles. The van der Waals surface area contributed by atoms with Gasteiger partial charge in [0, 0.05) is 25.7 Å². The van der Waals surface area contributed by atoms with Crippen molar-refractivity contribution in [3.05, 3.63) is 0 Å². The Kier molecular flexibility index (Phi) is 29.7. The van der Waals surface area contributed by atoms with Gasteiger partial charge in [0.15, 0.2) is 6.10 Å². The van der Waals surface area contributed by atoms with Crippen LogP contribution in [0.15, 0.2) is 0 Å². The predicted molar refractivity (Wildman–Crippen MR) is 214 cm³/mol. The highest BCUT2D eigenvalue weighted by Crippen LogP contribution is 2.49. The molecule has 0 saturated heterocycles. The van der Waals surface area contributed by atoms with E-state index < -0.39 is 83.5 Å². The molecular weight excluding hydrogens is 802 g/mol. The Morgan fingerprint density at radius 2 is 0.931 bits per heavy atom. The van der Waals surface area contributed by atoms with Crippen LogP contribution in [0.2, 0.25) is 0 Å². The van der Waals surface area contributed by atoms with E-state index in [9.17, 15) is 48.8 Å². The standard InChI is InChI=1S/C39H74O17P2/c1-3-5-6-7-8-9-10-11-12-13-16-20-23-27-33(42)54-31(28-52-32(41)26-22-19-17-14-15-18-21-25-30(40)24-4-2)29-53-58(50,51)56-39-36(45)34(43)35(44)38(37(39)46)55-57(47,48)49/h31,34-39,43-46H,3-29H2,1-2H3,(H,50,51)(H2,47,48,49)/t31-,34-,35?,36-,37?,38+,39?/m1/s1. The minimum Gasteiger partial charge on any atom is -0.462 e. The molecule has 1 aliphatic carbocycles. The molecule has 0 radical (unpaired) electrons. The number of phosphoric ester groups is 2. The average Bonchev–Trinajstić information content (AvgIpc) is 3.16. The summed E-state index contributed by atoms with van der Waals surface area (Å²) in [4.78, 5) is 65.6. The zero-order chi connectivity index (χ0) is 43.4. The molecule has 1 aliphatic rings. The van der Waals surface area contributed by atoms with Gasteiger partial charge in [0.2, 0.25) is 0 Å². The number of esters is 2. The van der Waals surface area contributed by atoms with Crippen molar-refractivity contribution >= 4 is 33.4 Å². The number of phosphoric acid groups is 2. The van der Waals surface area contributed by atoms with E-state index in [1.807, 2.05) is 6.92 Å². The first kappa shape index (κ1) is 54.7. The normalized spacial score (nSPS) is 22.6. The molecule has 17 nitrogen and oxygen atoms in total. The molecule has 0 aromatic rings. The summed E-state index contributed by atoms with van der Waals surface area (Å²) in [5.41, 5.74) is 0. The first-order valence-corrected chi connectivity index (χ1v) is 24.5. The molecule has 0 heterocycles. The Balaban J connectivity index is 2.65. The number of Topliss-reactive ketones (excluding diaryl/α,β-unsaturated/α-hetero) is 1. The largest absolute Gasteiger partial charge is 0.472 e. The number of carbonyl (C=O) groups excluding carboxylic acids is 3. The van der Waals surface area contributed by atoms with Gasteiger partial charge in [-0.2, -0.15) is 0 Å². The van der Waals surface area contributed by atoms with Gasteiger partial charge < -0.3 is 44.6 Å². The lowest BCUT2D eigenvalue weighted by atomic mass is 9.85. The number of unbranched alkanes of at least 4 members (excludes halogenated alkanes) is 18. The van der Waals surface area contributed by atoms with E-state index in [-0.39, 0.29) is 12.8 Å². The molecule has 0 amide bonds. The summed E-state index contributed by atoms with van der Waals surface area (Å²) < 4.78 is 49.1. The molecule has 58 heavy (non-hydrogen) atoms. The highest BCUT2D eigenvalue weighted by atomic mass is 31.2. The zero-order valence-corrected chi connectivity index (χ0v) is 36.5. The van der Waals surface area contributed by atoms with E-state index in [4.69, 9.17) is 28.3 Å². The van der Waals surface area contributed by atoms with E-state index in [0.717, 1.165) is 70.6 Å². The zero-order valence-electron chi connectivity index (χ0n) is 34.7. The van der Waals surface area contributed by atoms with Crippen LogP contribution < -0.4 is 0 Å². The summed E-state index contributed by atoms with van der Waals surface area (Å²) in [6, 6.07) is 0. The molecule has 7 N–H and O–H groups in total. The second kappa shape index (κ2) is 31.5. The molecule has 0 aliphatic heterocycles. The molecule has 19 heteroatoms. The van der Waals surface area contributed by atoms with E-state index in [1.54, 1.807) is 0 Å². The highest BCUT2D eigenvalue weighted by molar-refractivity contribution is 7.47. The van der Waals surface area contributed by atoms with Gasteiger partial charge in [-0.3, -0.25) is 28.0 Å². The first-order valence-electron chi connectivity index (χ1n) is 21.5. The van der Waals surface area contributed by atoms with E-state index in [1.165, 1.54) is 51.4 Å². The summed E-state index contributed by atoms with van der Waals surface area (Å²) in [6.45, 7) is 2.82. The number of hydrogen-bond acceptors (Lipinski definition) is 14. The molecule has 1 rings (SSSR count). The summed E-state index contributed by atoms with van der Waals surface area (Å²) >= 11 is 0. The maximum absolute atomic E-state index is 12.9. The molecule has 0 spiro atoms. The van der Waals surface area contributed by atoms with Crippen molar-refractivity contribution in [2.75, 3.05) is 13.2 Å². The van der Waals surface area contributed by atoms with E-state index in [0.29, 0.717) is 31.5 Å². The number of ketones is 1. The molecule has 1 saturated carbocycles. The lowest BCUT2D eigenvalue weighted by Crippen LogP contribution is -2.64. The molecule has 8 atom stereocenters. The van der Waals surface area contributed by atoms with Gasteiger partial charge in [-0.05, 0) is 25.7 Å². The Hall–Kier alpha value is -1.33. The quantitative estimate of drug-likeness (QED) is 0.0208. The third kappa shape index (κ3) is 26.1. The molecule has 4 unspecified atom stereocenters. The van der Waals surface area contributed by atoms with Crippen molar-refractivity contribution < 1.29 is 81.7 Å². The highest BCUT2D eigenvalue weighted by Gasteiger charge is 2.54. The summed E-state index contributed by atoms with van der Waals surface area (Å²) in [6.07, 6.45) is 7.93. The van der Waals surface area contributed by atoms with Gasteiger partial charge in [-0.25, -0.2) is 9.13 Å². The minimum atomic E-state index is -5.36. The van der Waals surface area contributed by atoms with Crippen LogP contribution in [-0.2, 0) is 46.6 Å². The third-order valence-corrected chi connectivity index (χ3v) is 11.6. The van der Waals surface area contributed by atoms with Gasteiger partial charge >= 0.3 is 27.6 Å². The van der Waals surface area contributed by atoms with Gasteiger partial charge in [0.05, 0.1) is 6.61 Å². The van der Waals surface area contributed by atoms with Gasteiger partial charge in [-0.1, -0.05) is 123 Å². The fourth-order valence-corrected chi connectivity index (χ4v) is 8.28. The molecule has 0 aromatic carbocycles. The van der Waals surface area contributed by atoms with Crippen LogP contribution in [0.25, 0.3) is 0 Å². The topological polar surface area (TPSA) is 273 Å². The molecule has 0 bridgehead atoms. The smallest absolute Gasteiger partial charge is 0.462 e. The van der Waals surface area contributed by atoms with Gasteiger partial charge in [0.25, 0.3) is 0 Å². The number of ether oxygens (including phenoxy) is 2. The lowest BCUT2D eigenvalue weighted by molar-refractivity contribution is -0.216. The second-order valence-corrected chi connectivity index (χ2v) is 18.0. The van der Waals surface area contributed by atoms with Crippen molar-refractivity contribution in [2.24, 2.45) is 0 Å². The van der Waals surface area contributed by atoms with Crippen molar-refractivity contribution in [1.82, 2.24) is 0 Å². The second-order valence-electron chi connectivity index (χ2n) is 15.4. The Morgan fingerprint density at radius 1 is 0.500 bits per heavy atom. The summed E-state index contributed by atoms with van der Waals surface area (Å²) in [7, 11) is -10.7. The molecule has 1 fully saturated rings. The van der Waals surface area contributed by atoms with Crippen molar-refractivity contribution in [3.8, 4) is 0 Å². The minimum absolute atomic E-state index is 0.0339. The fraction of sp³-hybridized carbons (Fsp3) is 0.923. The summed E-state index contributed by atoms with van der Waals surface area (Å²) in [5, 5.41) is 41.1. The maximum atomic E-state index is 12.9. The first-order chi connectivity index (χ1) is 27.5. The van der Waals surface area contributed by atoms with Crippen LogP contribution in [0, 0.1) is 0 Å². The van der Waals surface area contributed by atoms with Crippen LogP contribution in [-0.4, -0.2) is 109 Å². The van der Waals surface area contributed by atoms with Crippen LogP contribution in [0.1, 0.15) is 174 Å². The van der Waals surface area contributed by atoms with Crippen LogP contribution in [0.5, 0.6) is 0 Å². The van der Waals surface area contributed by atoms with E-state index in [2.05, 4.69) is 11.4 Å². The number of hydrogen-bond donors (Lipinski definition) is 7. The van der Waals surface area contributed by atoms with Crippen LogP contribution in [0.4, 0.5) is 0 Å². The Morgan fingerprint density at radius 3 is 1.40 bits per heavy atom. The Labute approximate surface area is 344 Å². The fourth-order valence-electron chi connectivity index (χ4n) is 6.74. The van der Waals surface area contributed by atoms with Crippen LogP contribution >= 0.6 is 15.6 Å². The SMILES string of the molecule is CCCCCCCCCCCCCCCC(=O)O[C@H](COC(=O)CCCCCCCCCC(=O)CCC)COP(=O)(O)OC1C(O)[C@@H](OP(=O)(O)O)C(O)[C@@H](O)[C@H]1O. The van der Waals surface area contributed by atoms with Gasteiger partial charge in [0.1, 0.15) is 49.0 Å². The van der Waals surface area contributed by atoms with Crippen molar-refractivity contribution in [2.45, 2.75) is 217 Å². The van der Waals surface area contributed by atoms with Crippen LogP contribution in [0.3, 0.4) is 0 Å². The number of aliphatic hydroxyl groups excluding tert-OH is 4. The average molecular weight is 877 g/mol. The Bertz CT molecular complexity index is 1220. The van der Waals surface area contributed by atoms with E-state index >= 15 is 0 Å². The molecule has 342 valence electrons. The maximum Gasteiger partial charge on any atom is 0.472 e. The lowest BCUT2D eigenvalue weighted by Gasteiger charge is -2.43. The van der Waals surface area contributed by atoms with Gasteiger partial charge in [-0.15, -0.1) is 0 Å². The summed E-state index contributed by atoms with van der Waals surface area (Å²) in [5.74, 6) is -0.956. The van der Waals surface area contributed by atoms with Crippen molar-refractivity contribution in [3.63, 3.8) is 0 Å². The molecular formula is C39H74O17P2.